The molecule has 0 radical (unpaired) electrons. The van der Waals surface area contributed by atoms with Crippen LogP contribution in [0.1, 0.15) is 34.1 Å². The molecule has 148 valence electrons. The lowest BCUT2D eigenvalue weighted by Crippen LogP contribution is -2.25. The van der Waals surface area contributed by atoms with Gasteiger partial charge in [-0.2, -0.15) is 0 Å². The molecule has 3 aromatic carbocycles. The van der Waals surface area contributed by atoms with Crippen LogP contribution in [0.4, 0.5) is 5.69 Å². The Labute approximate surface area is 168 Å². The highest BCUT2D eigenvalue weighted by Crippen LogP contribution is 2.49. The van der Waals surface area contributed by atoms with E-state index in [9.17, 15) is 15.1 Å². The van der Waals surface area contributed by atoms with E-state index in [0.717, 1.165) is 22.4 Å². The van der Waals surface area contributed by atoms with Crippen molar-refractivity contribution in [2.45, 2.75) is 18.8 Å². The fourth-order valence-corrected chi connectivity index (χ4v) is 4.01. The number of phenolic OH excluding ortho intramolecular Hbond substituents is 2. The second-order valence-electron chi connectivity index (χ2n) is 7.14. The van der Waals surface area contributed by atoms with Crippen molar-refractivity contribution in [1.82, 2.24) is 0 Å². The largest absolute Gasteiger partial charge is 0.504 e. The molecule has 2 unspecified atom stereocenters. The molecule has 4 rings (SSSR count). The molecule has 6 heteroatoms. The van der Waals surface area contributed by atoms with Gasteiger partial charge in [0.15, 0.2) is 11.5 Å². The molecule has 0 aromatic heterocycles. The third-order valence-electron chi connectivity index (χ3n) is 5.55. The van der Waals surface area contributed by atoms with Gasteiger partial charge in [-0.25, -0.2) is 0 Å². The first-order chi connectivity index (χ1) is 14.0. The third-order valence-corrected chi connectivity index (χ3v) is 5.55. The fraction of sp³-hybridized carbons (Fsp3) is 0.217. The highest BCUT2D eigenvalue weighted by molar-refractivity contribution is 5.61. The highest BCUT2D eigenvalue weighted by Gasteiger charge is 2.35. The number of rotatable bonds is 4. The van der Waals surface area contributed by atoms with Gasteiger partial charge < -0.3 is 19.7 Å². The number of fused-ring (bicyclic) bond motifs is 1. The van der Waals surface area contributed by atoms with E-state index in [1.54, 1.807) is 25.3 Å². The van der Waals surface area contributed by atoms with Crippen LogP contribution < -0.4 is 9.47 Å². The molecule has 6 nitrogen and oxygen atoms in total. The molecule has 0 saturated heterocycles. The normalized spacial score (nSPS) is 17.9. The number of nitrogens with zero attached hydrogens (tertiary/aromatic N) is 1. The van der Waals surface area contributed by atoms with Crippen molar-refractivity contribution >= 4 is 5.69 Å². The Morgan fingerprint density at radius 2 is 1.72 bits per heavy atom. The molecule has 0 bridgehead atoms. The predicted molar refractivity (Wildman–Crippen MR) is 109 cm³/mol. The molecule has 0 aliphatic carbocycles. The minimum absolute atomic E-state index is 0.0759. The summed E-state index contributed by atoms with van der Waals surface area (Å²) in [7, 11) is 1.62. The quantitative estimate of drug-likeness (QED) is 0.476. The fourth-order valence-electron chi connectivity index (χ4n) is 4.01. The van der Waals surface area contributed by atoms with Crippen LogP contribution in [0.25, 0.3) is 0 Å². The van der Waals surface area contributed by atoms with Gasteiger partial charge in [0.2, 0.25) is 0 Å². The van der Waals surface area contributed by atoms with Crippen molar-refractivity contribution in [3.63, 3.8) is 0 Å². The van der Waals surface area contributed by atoms with Crippen LogP contribution in [0.2, 0.25) is 0 Å². The van der Waals surface area contributed by atoms with E-state index in [0.29, 0.717) is 23.6 Å². The SMILES string of the molecule is COc1ccc(C2c3ccc(N=O)c(C)c3OCC2c2ccc(O)c(O)c2)cc1. The van der Waals surface area contributed by atoms with E-state index in [4.69, 9.17) is 9.47 Å². The van der Waals surface area contributed by atoms with Gasteiger partial charge in [-0.1, -0.05) is 24.3 Å². The average Bonchev–Trinajstić information content (AvgIpc) is 2.75. The molecule has 3 aromatic rings. The lowest BCUT2D eigenvalue weighted by molar-refractivity contribution is 0.247. The van der Waals surface area contributed by atoms with Gasteiger partial charge in [-0.05, 0) is 53.6 Å². The standard InChI is InChI=1S/C23H21NO5/c1-13-19(24-27)9-8-17-22(14-3-6-16(28-2)7-4-14)18(12-29-23(13)17)15-5-10-20(25)21(26)11-15/h3-11,18,22,25-26H,12H2,1-2H3. The summed E-state index contributed by atoms with van der Waals surface area (Å²) in [5, 5.41) is 22.8. The molecule has 2 N–H and O–H groups in total. The molecular weight excluding hydrogens is 370 g/mol. The monoisotopic (exact) mass is 391 g/mol. The summed E-state index contributed by atoms with van der Waals surface area (Å²) in [4.78, 5) is 11.1. The molecule has 1 aliphatic heterocycles. The van der Waals surface area contributed by atoms with Gasteiger partial charge in [0.1, 0.15) is 17.2 Å². The summed E-state index contributed by atoms with van der Waals surface area (Å²) < 4.78 is 11.3. The maximum absolute atomic E-state index is 11.1. The number of methoxy groups -OCH3 is 1. The van der Waals surface area contributed by atoms with E-state index < -0.39 is 0 Å². The molecule has 0 fully saturated rings. The number of benzene rings is 3. The van der Waals surface area contributed by atoms with E-state index >= 15 is 0 Å². The van der Waals surface area contributed by atoms with Crippen LogP contribution in [0.5, 0.6) is 23.0 Å². The first-order valence-corrected chi connectivity index (χ1v) is 9.29. The van der Waals surface area contributed by atoms with Crippen LogP contribution in [-0.2, 0) is 0 Å². The van der Waals surface area contributed by atoms with E-state index in [1.165, 1.54) is 6.07 Å². The Bertz CT molecular complexity index is 1060. The van der Waals surface area contributed by atoms with Crippen molar-refractivity contribution in [3.05, 3.63) is 81.8 Å². The summed E-state index contributed by atoms with van der Waals surface area (Å²) in [5.41, 5.74) is 3.92. The first kappa shape index (κ1) is 18.8. The maximum atomic E-state index is 11.1. The number of ether oxygens (including phenoxy) is 2. The van der Waals surface area contributed by atoms with Crippen LogP contribution in [0, 0.1) is 11.8 Å². The highest BCUT2D eigenvalue weighted by atomic mass is 16.5. The molecule has 2 atom stereocenters. The maximum Gasteiger partial charge on any atom is 0.157 e. The minimum atomic E-state index is -0.168. The van der Waals surface area contributed by atoms with Crippen molar-refractivity contribution in [2.75, 3.05) is 13.7 Å². The van der Waals surface area contributed by atoms with Crippen LogP contribution in [0.3, 0.4) is 0 Å². The average molecular weight is 391 g/mol. The Hall–Kier alpha value is -3.54. The number of phenols is 2. The zero-order valence-electron chi connectivity index (χ0n) is 16.1. The van der Waals surface area contributed by atoms with Gasteiger partial charge in [0, 0.05) is 23.0 Å². The van der Waals surface area contributed by atoms with Gasteiger partial charge in [0.05, 0.1) is 13.7 Å². The number of hydrogen-bond donors (Lipinski definition) is 2. The van der Waals surface area contributed by atoms with Crippen molar-refractivity contribution in [3.8, 4) is 23.0 Å². The van der Waals surface area contributed by atoms with E-state index in [2.05, 4.69) is 5.18 Å². The molecule has 0 spiro atoms. The number of nitroso groups, excluding NO2 is 1. The van der Waals surface area contributed by atoms with E-state index in [1.807, 2.05) is 37.3 Å². The van der Waals surface area contributed by atoms with Crippen LogP contribution in [0.15, 0.2) is 59.8 Å². The Kier molecular flexibility index (Phi) is 4.84. The molecule has 29 heavy (non-hydrogen) atoms. The van der Waals surface area contributed by atoms with Gasteiger partial charge >= 0.3 is 0 Å². The summed E-state index contributed by atoms with van der Waals surface area (Å²) >= 11 is 0. The molecule has 1 aliphatic rings. The molecule has 1 heterocycles. The predicted octanol–water partition coefficient (Wildman–Crippen LogP) is 5.12. The van der Waals surface area contributed by atoms with Gasteiger partial charge in [-0.3, -0.25) is 0 Å². The minimum Gasteiger partial charge on any atom is -0.504 e. The zero-order chi connectivity index (χ0) is 20.5. The lowest BCUT2D eigenvalue weighted by Gasteiger charge is -2.35. The van der Waals surface area contributed by atoms with Crippen molar-refractivity contribution in [1.29, 1.82) is 0 Å². The third kappa shape index (κ3) is 3.27. The first-order valence-electron chi connectivity index (χ1n) is 9.29. The molecule has 0 saturated carbocycles. The Morgan fingerprint density at radius 3 is 2.38 bits per heavy atom. The number of hydrogen-bond acceptors (Lipinski definition) is 6. The second kappa shape index (κ2) is 7.47. The Balaban J connectivity index is 1.88. The molecular formula is C23H21NO5. The smallest absolute Gasteiger partial charge is 0.157 e. The Morgan fingerprint density at radius 1 is 1.00 bits per heavy atom. The van der Waals surface area contributed by atoms with E-state index in [-0.39, 0.29) is 23.3 Å². The van der Waals surface area contributed by atoms with Crippen LogP contribution in [-0.4, -0.2) is 23.9 Å². The van der Waals surface area contributed by atoms with Crippen LogP contribution >= 0.6 is 0 Å². The van der Waals surface area contributed by atoms with Gasteiger partial charge in [-0.15, -0.1) is 4.91 Å². The summed E-state index contributed by atoms with van der Waals surface area (Å²) in [6.07, 6.45) is 0. The summed E-state index contributed by atoms with van der Waals surface area (Å²) in [5.74, 6) is 0.923. The number of aromatic hydroxyl groups is 2. The lowest BCUT2D eigenvalue weighted by atomic mass is 9.75. The van der Waals surface area contributed by atoms with Crippen molar-refractivity contribution < 1.29 is 19.7 Å². The topological polar surface area (TPSA) is 88.4 Å². The summed E-state index contributed by atoms with van der Waals surface area (Å²) in [6.45, 7) is 2.18. The van der Waals surface area contributed by atoms with Crippen molar-refractivity contribution in [2.24, 2.45) is 5.18 Å². The second-order valence-corrected chi connectivity index (χ2v) is 7.14. The summed E-state index contributed by atoms with van der Waals surface area (Å²) in [6, 6.07) is 16.3. The zero-order valence-corrected chi connectivity index (χ0v) is 16.1. The molecule has 0 amide bonds. The van der Waals surface area contributed by atoms with Gasteiger partial charge in [0.25, 0.3) is 0 Å².